The number of nitro benzene ring substituents is 1. The van der Waals surface area contributed by atoms with Crippen LogP contribution in [0.3, 0.4) is 0 Å². The van der Waals surface area contributed by atoms with E-state index in [-0.39, 0.29) is 28.5 Å². The third-order valence-electron chi connectivity index (χ3n) is 3.98. The van der Waals surface area contributed by atoms with E-state index in [2.05, 4.69) is 0 Å². The summed E-state index contributed by atoms with van der Waals surface area (Å²) in [5, 5.41) is 10.9. The highest BCUT2D eigenvalue weighted by Crippen LogP contribution is 2.41. The number of fused-ring (bicyclic) bond motifs is 1. The summed E-state index contributed by atoms with van der Waals surface area (Å²) in [6, 6.07) is 6.90. The summed E-state index contributed by atoms with van der Waals surface area (Å²) in [5.41, 5.74) is 5.48. The molecule has 1 aromatic carbocycles. The van der Waals surface area contributed by atoms with E-state index < -0.39 is 22.4 Å². The minimum atomic E-state index is -0.941. The van der Waals surface area contributed by atoms with Crippen molar-refractivity contribution in [3.8, 4) is 5.75 Å². The third kappa shape index (κ3) is 2.79. The van der Waals surface area contributed by atoms with Gasteiger partial charge in [-0.05, 0) is 12.5 Å². The molecule has 1 aliphatic rings. The molecule has 1 atom stereocenters. The first-order chi connectivity index (χ1) is 12.3. The van der Waals surface area contributed by atoms with Crippen LogP contribution in [0.15, 0.2) is 51.0 Å². The van der Waals surface area contributed by atoms with E-state index in [4.69, 9.17) is 19.6 Å². The van der Waals surface area contributed by atoms with Gasteiger partial charge in [-0.15, -0.1) is 0 Å². The van der Waals surface area contributed by atoms with E-state index in [0.717, 1.165) is 0 Å². The number of non-ortho nitro benzene ring substituents is 1. The molecule has 9 nitrogen and oxygen atoms in total. The normalized spacial score (nSPS) is 15.8. The van der Waals surface area contributed by atoms with E-state index in [1.165, 1.54) is 37.4 Å². The van der Waals surface area contributed by atoms with Gasteiger partial charge in [-0.1, -0.05) is 12.1 Å². The molecule has 0 aliphatic carbocycles. The number of hydrogen-bond donors (Lipinski definition) is 1. The van der Waals surface area contributed by atoms with Crippen LogP contribution in [-0.2, 0) is 9.53 Å². The van der Waals surface area contributed by atoms with Crippen LogP contribution in [0, 0.1) is 17.0 Å². The number of rotatable bonds is 3. The molecule has 134 valence electrons. The molecule has 1 aliphatic heterocycles. The first-order valence-electron chi connectivity index (χ1n) is 7.48. The van der Waals surface area contributed by atoms with Gasteiger partial charge in [0, 0.05) is 18.2 Å². The van der Waals surface area contributed by atoms with Gasteiger partial charge >= 0.3 is 11.6 Å². The fourth-order valence-electron chi connectivity index (χ4n) is 2.85. The smallest absolute Gasteiger partial charge is 0.343 e. The second-order valence-corrected chi connectivity index (χ2v) is 5.58. The molecule has 9 heteroatoms. The van der Waals surface area contributed by atoms with Crippen LogP contribution in [-0.4, -0.2) is 18.0 Å². The third-order valence-corrected chi connectivity index (χ3v) is 3.98. The van der Waals surface area contributed by atoms with Crippen molar-refractivity contribution in [3.63, 3.8) is 0 Å². The number of carbonyl (C=O) groups is 1. The first-order valence-corrected chi connectivity index (χ1v) is 7.48. The van der Waals surface area contributed by atoms with Crippen molar-refractivity contribution in [1.82, 2.24) is 0 Å². The monoisotopic (exact) mass is 358 g/mol. The van der Waals surface area contributed by atoms with E-state index in [1.807, 2.05) is 0 Å². The molecule has 0 saturated heterocycles. The molecule has 0 fully saturated rings. The molecule has 0 saturated carbocycles. The highest BCUT2D eigenvalue weighted by molar-refractivity contribution is 5.92. The lowest BCUT2D eigenvalue weighted by Crippen LogP contribution is -2.30. The van der Waals surface area contributed by atoms with Crippen LogP contribution >= 0.6 is 0 Å². The zero-order valence-corrected chi connectivity index (χ0v) is 13.8. The standard InChI is InChI=1S/C17H14N2O7/c1-8-7-11-13(17(21)25-8)12(14(15(18)26-11)16(20)24-2)9-3-5-10(6-4-9)19(22)23/h3-7,12H,18H2,1-2H3/t12-/m1/s1. The lowest BCUT2D eigenvalue weighted by atomic mass is 9.83. The summed E-state index contributed by atoms with van der Waals surface area (Å²) in [4.78, 5) is 35.0. The summed E-state index contributed by atoms with van der Waals surface area (Å²) >= 11 is 0. The van der Waals surface area contributed by atoms with Crippen LogP contribution in [0.4, 0.5) is 5.69 Å². The molecule has 3 rings (SSSR count). The van der Waals surface area contributed by atoms with E-state index in [0.29, 0.717) is 11.3 Å². The van der Waals surface area contributed by atoms with Gasteiger partial charge in [0.2, 0.25) is 5.88 Å². The molecule has 2 N–H and O–H groups in total. The van der Waals surface area contributed by atoms with Gasteiger partial charge < -0.3 is 19.6 Å². The summed E-state index contributed by atoms with van der Waals surface area (Å²) in [5.74, 6) is -1.46. The minimum absolute atomic E-state index is 0.0686. The Balaban J connectivity index is 2.26. The maximum absolute atomic E-state index is 12.4. The zero-order valence-electron chi connectivity index (χ0n) is 13.8. The van der Waals surface area contributed by atoms with Gasteiger partial charge in [0.15, 0.2) is 0 Å². The average Bonchev–Trinajstić information content (AvgIpc) is 2.59. The van der Waals surface area contributed by atoms with Gasteiger partial charge in [0.25, 0.3) is 5.69 Å². The van der Waals surface area contributed by atoms with Crippen molar-refractivity contribution in [3.05, 3.63) is 79.2 Å². The highest BCUT2D eigenvalue weighted by Gasteiger charge is 2.38. The maximum atomic E-state index is 12.4. The number of nitrogens with two attached hydrogens (primary N) is 1. The Kier molecular flexibility index (Phi) is 4.21. The Morgan fingerprint density at radius 1 is 1.31 bits per heavy atom. The molecule has 26 heavy (non-hydrogen) atoms. The van der Waals surface area contributed by atoms with Crippen LogP contribution in [0.2, 0.25) is 0 Å². The van der Waals surface area contributed by atoms with Crippen LogP contribution in [0.25, 0.3) is 0 Å². The number of methoxy groups -OCH3 is 1. The number of nitro groups is 1. The number of carbonyl (C=O) groups excluding carboxylic acids is 1. The Bertz CT molecular complexity index is 989. The molecule has 1 aromatic heterocycles. The van der Waals surface area contributed by atoms with Gasteiger partial charge in [-0.3, -0.25) is 10.1 Å². The lowest BCUT2D eigenvalue weighted by Gasteiger charge is -2.27. The summed E-state index contributed by atoms with van der Waals surface area (Å²) in [6.07, 6.45) is 0. The molecular formula is C17H14N2O7. The number of benzene rings is 1. The lowest BCUT2D eigenvalue weighted by molar-refractivity contribution is -0.384. The Labute approximate surface area is 146 Å². The van der Waals surface area contributed by atoms with Crippen molar-refractivity contribution < 1.29 is 23.6 Å². The number of ether oxygens (including phenoxy) is 2. The quantitative estimate of drug-likeness (QED) is 0.498. The number of nitrogens with zero attached hydrogens (tertiary/aromatic N) is 1. The SMILES string of the molecule is COC(=O)C1=C(N)Oc2cc(C)oc(=O)c2[C@H]1c1ccc([N+](=O)[O-])cc1. The second-order valence-electron chi connectivity index (χ2n) is 5.58. The summed E-state index contributed by atoms with van der Waals surface area (Å²) < 4.78 is 15.3. The number of aryl methyl sites for hydroxylation is 1. The van der Waals surface area contributed by atoms with Crippen LogP contribution < -0.4 is 16.1 Å². The highest BCUT2D eigenvalue weighted by atomic mass is 16.6. The first kappa shape index (κ1) is 17.2. The van der Waals surface area contributed by atoms with Gasteiger partial charge in [-0.25, -0.2) is 9.59 Å². The minimum Gasteiger partial charge on any atom is -0.465 e. The molecule has 2 aromatic rings. The number of esters is 1. The number of hydrogen-bond acceptors (Lipinski definition) is 8. The average molecular weight is 358 g/mol. The van der Waals surface area contributed by atoms with Gasteiger partial charge in [0.1, 0.15) is 17.1 Å². The topological polar surface area (TPSA) is 135 Å². The largest absolute Gasteiger partial charge is 0.465 e. The molecule has 0 bridgehead atoms. The van der Waals surface area contributed by atoms with Crippen LogP contribution in [0.1, 0.15) is 22.8 Å². The molecule has 0 amide bonds. The molecule has 0 spiro atoms. The predicted molar refractivity (Wildman–Crippen MR) is 88.5 cm³/mol. The van der Waals surface area contributed by atoms with Crippen molar-refractivity contribution in [2.75, 3.05) is 7.11 Å². The Hall–Kier alpha value is -3.62. The molecular weight excluding hydrogens is 344 g/mol. The van der Waals surface area contributed by atoms with E-state index in [9.17, 15) is 19.7 Å². The molecule has 2 heterocycles. The van der Waals surface area contributed by atoms with Crippen molar-refractivity contribution >= 4 is 11.7 Å². The van der Waals surface area contributed by atoms with Crippen LogP contribution in [0.5, 0.6) is 5.75 Å². The predicted octanol–water partition coefficient (Wildman–Crippen LogP) is 1.72. The second kappa shape index (κ2) is 6.36. The Morgan fingerprint density at radius 3 is 2.54 bits per heavy atom. The Morgan fingerprint density at radius 2 is 1.96 bits per heavy atom. The van der Waals surface area contributed by atoms with Crippen molar-refractivity contribution in [1.29, 1.82) is 0 Å². The van der Waals surface area contributed by atoms with Gasteiger partial charge in [-0.2, -0.15) is 0 Å². The fraction of sp³-hybridized carbons (Fsp3) is 0.176. The van der Waals surface area contributed by atoms with Crippen molar-refractivity contribution in [2.45, 2.75) is 12.8 Å². The van der Waals surface area contributed by atoms with Crippen molar-refractivity contribution in [2.24, 2.45) is 5.73 Å². The maximum Gasteiger partial charge on any atom is 0.343 e. The molecule has 0 unspecified atom stereocenters. The fourth-order valence-corrected chi connectivity index (χ4v) is 2.85. The zero-order chi connectivity index (χ0) is 19.0. The summed E-state index contributed by atoms with van der Waals surface area (Å²) in [6.45, 7) is 1.57. The molecule has 0 radical (unpaired) electrons. The van der Waals surface area contributed by atoms with Gasteiger partial charge in [0.05, 0.1) is 23.5 Å². The summed E-state index contributed by atoms with van der Waals surface area (Å²) in [7, 11) is 1.17. The van der Waals surface area contributed by atoms with E-state index >= 15 is 0 Å². The van der Waals surface area contributed by atoms with E-state index in [1.54, 1.807) is 6.92 Å².